The zero-order valence-corrected chi connectivity index (χ0v) is 10.2. The first-order valence-corrected chi connectivity index (χ1v) is 5.32. The molecule has 84 valence electrons. The molecule has 0 heterocycles. The third-order valence-corrected chi connectivity index (χ3v) is 3.00. The van der Waals surface area contributed by atoms with Crippen molar-refractivity contribution >= 4 is 15.9 Å². The lowest BCUT2D eigenvalue weighted by molar-refractivity contribution is 0.175. The van der Waals surface area contributed by atoms with Crippen molar-refractivity contribution in [1.29, 1.82) is 0 Å². The molecule has 4 N–H and O–H groups in total. The second-order valence-electron chi connectivity index (χ2n) is 3.36. The minimum Gasteiger partial charge on any atom is -0.504 e. The van der Waals surface area contributed by atoms with E-state index in [9.17, 15) is 15.3 Å². The highest BCUT2D eigenvalue weighted by molar-refractivity contribution is 9.10. The first kappa shape index (κ1) is 12.3. The van der Waals surface area contributed by atoms with Crippen LogP contribution in [-0.2, 0) is 0 Å². The number of phenolic OH excluding ortho intramolecular Hbond substituents is 2. The average Bonchev–Trinajstić information content (AvgIpc) is 2.15. The first-order chi connectivity index (χ1) is 6.99. The normalized spacial score (nSPS) is 12.8. The van der Waals surface area contributed by atoms with Gasteiger partial charge in [-0.25, -0.2) is 0 Å². The van der Waals surface area contributed by atoms with Crippen LogP contribution in [0.5, 0.6) is 11.5 Å². The second-order valence-corrected chi connectivity index (χ2v) is 4.16. The van der Waals surface area contributed by atoms with E-state index >= 15 is 0 Å². The molecule has 0 aliphatic heterocycles. The van der Waals surface area contributed by atoms with Crippen molar-refractivity contribution in [3.05, 3.63) is 21.7 Å². The van der Waals surface area contributed by atoms with Gasteiger partial charge in [0.1, 0.15) is 0 Å². The second kappa shape index (κ2) is 4.83. The summed E-state index contributed by atoms with van der Waals surface area (Å²) in [6, 6.07) is 1.42. The number of aryl methyl sites for hydroxylation is 1. The number of aromatic hydroxyl groups is 2. The fourth-order valence-corrected chi connectivity index (χ4v) is 2.25. The number of halogens is 1. The van der Waals surface area contributed by atoms with Gasteiger partial charge in [0, 0.05) is 12.1 Å². The molecule has 4 nitrogen and oxygen atoms in total. The molecular formula is C10H14BrNO3. The van der Waals surface area contributed by atoms with Crippen molar-refractivity contribution in [3.63, 3.8) is 0 Å². The number of benzene rings is 1. The standard InChI is InChI=1S/C10H14BrNO3/c1-5-3-6(13)10(15)9(11)8(5)7(14)4-12-2/h3,7,12-15H,4H2,1-2H3. The monoisotopic (exact) mass is 275 g/mol. The van der Waals surface area contributed by atoms with E-state index in [0.717, 1.165) is 5.56 Å². The number of aliphatic hydroxyl groups excluding tert-OH is 1. The van der Waals surface area contributed by atoms with Crippen LogP contribution in [0.15, 0.2) is 10.5 Å². The van der Waals surface area contributed by atoms with Crippen LogP contribution in [0.3, 0.4) is 0 Å². The number of hydrogen-bond donors (Lipinski definition) is 4. The first-order valence-electron chi connectivity index (χ1n) is 4.52. The highest BCUT2D eigenvalue weighted by Crippen LogP contribution is 2.40. The predicted octanol–water partition coefficient (Wildman–Crippen LogP) is 1.42. The molecule has 0 aliphatic rings. The van der Waals surface area contributed by atoms with Gasteiger partial charge in [0.25, 0.3) is 0 Å². The van der Waals surface area contributed by atoms with Gasteiger partial charge in [-0.1, -0.05) is 0 Å². The molecule has 5 heteroatoms. The van der Waals surface area contributed by atoms with Crippen molar-refractivity contribution in [1.82, 2.24) is 5.32 Å². The van der Waals surface area contributed by atoms with Crippen LogP contribution < -0.4 is 5.32 Å². The van der Waals surface area contributed by atoms with E-state index in [2.05, 4.69) is 21.2 Å². The lowest BCUT2D eigenvalue weighted by atomic mass is 10.0. The maximum Gasteiger partial charge on any atom is 0.172 e. The van der Waals surface area contributed by atoms with E-state index in [4.69, 9.17) is 0 Å². The molecule has 1 atom stereocenters. The minimum atomic E-state index is -0.726. The Morgan fingerprint density at radius 3 is 2.60 bits per heavy atom. The van der Waals surface area contributed by atoms with E-state index in [0.29, 0.717) is 16.6 Å². The quantitative estimate of drug-likeness (QED) is 0.630. The minimum absolute atomic E-state index is 0.195. The van der Waals surface area contributed by atoms with Gasteiger partial charge in [-0.2, -0.15) is 0 Å². The van der Waals surface area contributed by atoms with Gasteiger partial charge in [-0.05, 0) is 41.5 Å². The van der Waals surface area contributed by atoms with Crippen molar-refractivity contribution in [3.8, 4) is 11.5 Å². The van der Waals surface area contributed by atoms with Crippen LogP contribution in [0.4, 0.5) is 0 Å². The molecule has 0 saturated heterocycles. The van der Waals surface area contributed by atoms with Crippen molar-refractivity contribution in [2.75, 3.05) is 13.6 Å². The van der Waals surface area contributed by atoms with Crippen LogP contribution in [0.25, 0.3) is 0 Å². The number of aliphatic hydroxyl groups is 1. The highest BCUT2D eigenvalue weighted by Gasteiger charge is 2.18. The smallest absolute Gasteiger partial charge is 0.172 e. The fraction of sp³-hybridized carbons (Fsp3) is 0.400. The topological polar surface area (TPSA) is 72.7 Å². The summed E-state index contributed by atoms with van der Waals surface area (Å²) in [5.74, 6) is -0.439. The largest absolute Gasteiger partial charge is 0.504 e. The molecule has 0 radical (unpaired) electrons. The molecule has 0 saturated carbocycles. The number of likely N-dealkylation sites (N-methyl/N-ethyl adjacent to an activating group) is 1. The highest BCUT2D eigenvalue weighted by atomic mass is 79.9. The van der Waals surface area contributed by atoms with Crippen LogP contribution in [0.2, 0.25) is 0 Å². The van der Waals surface area contributed by atoms with E-state index < -0.39 is 6.10 Å². The lowest BCUT2D eigenvalue weighted by Gasteiger charge is -2.16. The van der Waals surface area contributed by atoms with Crippen molar-refractivity contribution in [2.24, 2.45) is 0 Å². The summed E-state index contributed by atoms with van der Waals surface area (Å²) in [4.78, 5) is 0. The summed E-state index contributed by atoms with van der Waals surface area (Å²) in [5, 5.41) is 31.5. The molecule has 1 unspecified atom stereocenters. The summed E-state index contributed by atoms with van der Waals surface area (Å²) in [7, 11) is 1.73. The fourth-order valence-electron chi connectivity index (χ4n) is 1.47. The molecule has 0 amide bonds. The molecule has 0 aromatic heterocycles. The van der Waals surface area contributed by atoms with E-state index in [1.807, 2.05) is 0 Å². The molecule has 0 bridgehead atoms. The van der Waals surface area contributed by atoms with Gasteiger partial charge in [0.2, 0.25) is 0 Å². The van der Waals surface area contributed by atoms with Gasteiger partial charge in [-0.15, -0.1) is 0 Å². The van der Waals surface area contributed by atoms with Crippen LogP contribution >= 0.6 is 15.9 Å². The molecule has 0 aliphatic carbocycles. The van der Waals surface area contributed by atoms with E-state index in [1.54, 1.807) is 14.0 Å². The SMILES string of the molecule is CNCC(O)c1c(C)cc(O)c(O)c1Br. The molecule has 1 aromatic carbocycles. The third kappa shape index (κ3) is 2.42. The Morgan fingerprint density at radius 1 is 1.47 bits per heavy atom. The zero-order chi connectivity index (χ0) is 11.6. The number of phenols is 2. The summed E-state index contributed by atoms with van der Waals surface area (Å²) < 4.78 is 0.336. The predicted molar refractivity (Wildman–Crippen MR) is 61.1 cm³/mol. The molecular weight excluding hydrogens is 262 g/mol. The van der Waals surface area contributed by atoms with Gasteiger partial charge in [0.05, 0.1) is 10.6 Å². The van der Waals surface area contributed by atoms with Gasteiger partial charge < -0.3 is 20.6 Å². The Bertz CT molecular complexity index is 368. The summed E-state index contributed by atoms with van der Waals surface area (Å²) >= 11 is 3.15. The third-order valence-electron chi connectivity index (χ3n) is 2.20. The van der Waals surface area contributed by atoms with Gasteiger partial charge in [-0.3, -0.25) is 0 Å². The molecule has 1 aromatic rings. The average molecular weight is 276 g/mol. The maximum atomic E-state index is 9.81. The Hall–Kier alpha value is -0.780. The maximum absolute atomic E-state index is 9.81. The molecule has 0 fully saturated rings. The Morgan fingerprint density at radius 2 is 2.07 bits per heavy atom. The van der Waals surface area contributed by atoms with E-state index in [-0.39, 0.29) is 11.5 Å². The van der Waals surface area contributed by atoms with Crippen LogP contribution in [0.1, 0.15) is 17.2 Å². The van der Waals surface area contributed by atoms with Gasteiger partial charge >= 0.3 is 0 Å². The van der Waals surface area contributed by atoms with Crippen LogP contribution in [-0.4, -0.2) is 28.9 Å². The Balaban J connectivity index is 3.23. The zero-order valence-electron chi connectivity index (χ0n) is 8.58. The molecule has 1 rings (SSSR count). The summed E-state index contributed by atoms with van der Waals surface area (Å²) in [5.41, 5.74) is 1.31. The van der Waals surface area contributed by atoms with Gasteiger partial charge in [0.15, 0.2) is 11.5 Å². The van der Waals surface area contributed by atoms with Crippen LogP contribution in [0, 0.1) is 6.92 Å². The summed E-state index contributed by atoms with van der Waals surface area (Å²) in [6.07, 6.45) is -0.726. The lowest BCUT2D eigenvalue weighted by Crippen LogP contribution is -2.17. The van der Waals surface area contributed by atoms with E-state index in [1.165, 1.54) is 6.07 Å². The number of nitrogens with one attached hydrogen (secondary N) is 1. The molecule has 15 heavy (non-hydrogen) atoms. The van der Waals surface area contributed by atoms with Crippen molar-refractivity contribution < 1.29 is 15.3 Å². The number of rotatable bonds is 3. The Labute approximate surface area is 96.7 Å². The summed E-state index contributed by atoms with van der Waals surface area (Å²) in [6.45, 7) is 2.14. The van der Waals surface area contributed by atoms with Crippen molar-refractivity contribution in [2.45, 2.75) is 13.0 Å². The molecule has 0 spiro atoms. The Kier molecular flexibility index (Phi) is 3.96. The number of hydrogen-bond acceptors (Lipinski definition) is 4.